The van der Waals surface area contributed by atoms with Gasteiger partial charge >= 0.3 is 0 Å². The first-order valence-corrected chi connectivity index (χ1v) is 7.10. The Balaban J connectivity index is 0.00000128. The van der Waals surface area contributed by atoms with Gasteiger partial charge < -0.3 is 10.2 Å². The van der Waals surface area contributed by atoms with Crippen LogP contribution in [-0.4, -0.2) is 49.0 Å². The molecule has 2 aliphatic rings. The summed E-state index contributed by atoms with van der Waals surface area (Å²) < 4.78 is 0. The molecular weight excluding hydrogens is 244 g/mol. The van der Waals surface area contributed by atoms with Gasteiger partial charge in [-0.15, -0.1) is 12.4 Å². The Labute approximate surface area is 108 Å². The zero-order valence-electron chi connectivity index (χ0n) is 9.94. The largest absolute Gasteiger partial charge is 0.342 e. The summed E-state index contributed by atoms with van der Waals surface area (Å²) in [5.41, 5.74) is 0. The van der Waals surface area contributed by atoms with E-state index in [0.717, 1.165) is 43.8 Å². The summed E-state index contributed by atoms with van der Waals surface area (Å²) in [6, 6.07) is 0. The van der Waals surface area contributed by atoms with Crippen molar-refractivity contribution in [3.8, 4) is 0 Å². The fourth-order valence-corrected chi connectivity index (χ4v) is 3.31. The zero-order valence-corrected chi connectivity index (χ0v) is 11.6. The van der Waals surface area contributed by atoms with Crippen LogP contribution < -0.4 is 5.32 Å². The minimum Gasteiger partial charge on any atom is -0.342 e. The van der Waals surface area contributed by atoms with Crippen molar-refractivity contribution < 1.29 is 4.79 Å². The van der Waals surface area contributed by atoms with Crippen LogP contribution >= 0.6 is 24.2 Å². The summed E-state index contributed by atoms with van der Waals surface area (Å²) in [7, 11) is 0. The highest BCUT2D eigenvalue weighted by molar-refractivity contribution is 7.98. The molecule has 2 aliphatic heterocycles. The van der Waals surface area contributed by atoms with Gasteiger partial charge in [0.2, 0.25) is 5.91 Å². The Hall–Kier alpha value is 0.0700. The van der Waals surface area contributed by atoms with E-state index in [1.165, 1.54) is 0 Å². The van der Waals surface area contributed by atoms with Crippen molar-refractivity contribution in [2.24, 2.45) is 17.8 Å². The molecule has 1 N–H and O–H groups in total. The van der Waals surface area contributed by atoms with Crippen LogP contribution in [0.3, 0.4) is 0 Å². The van der Waals surface area contributed by atoms with E-state index in [0.29, 0.717) is 5.91 Å². The maximum atomic E-state index is 12.1. The highest BCUT2D eigenvalue weighted by Crippen LogP contribution is 2.27. The van der Waals surface area contributed by atoms with E-state index < -0.39 is 0 Å². The van der Waals surface area contributed by atoms with Gasteiger partial charge in [-0.3, -0.25) is 4.79 Å². The maximum absolute atomic E-state index is 12.1. The van der Waals surface area contributed by atoms with Crippen LogP contribution in [-0.2, 0) is 4.79 Å². The van der Waals surface area contributed by atoms with E-state index in [4.69, 9.17) is 0 Å². The topological polar surface area (TPSA) is 32.3 Å². The van der Waals surface area contributed by atoms with Gasteiger partial charge in [-0.1, -0.05) is 6.92 Å². The number of nitrogens with zero attached hydrogens (tertiary/aromatic N) is 1. The summed E-state index contributed by atoms with van der Waals surface area (Å²) in [6.45, 7) is 6.21. The number of likely N-dealkylation sites (tertiary alicyclic amines) is 1. The summed E-state index contributed by atoms with van der Waals surface area (Å²) >= 11 is 1.76. The lowest BCUT2D eigenvalue weighted by Gasteiger charge is -2.21. The van der Waals surface area contributed by atoms with E-state index in [9.17, 15) is 4.79 Å². The van der Waals surface area contributed by atoms with Crippen molar-refractivity contribution in [1.29, 1.82) is 0 Å². The fraction of sp³-hybridized carbons (Fsp3) is 0.909. The molecule has 0 aromatic rings. The predicted octanol–water partition coefficient (Wildman–Crippen LogP) is 1.09. The average molecular weight is 265 g/mol. The Morgan fingerprint density at radius 2 is 2.00 bits per heavy atom. The number of amides is 1. The first kappa shape index (κ1) is 14.1. The Morgan fingerprint density at radius 3 is 2.50 bits per heavy atom. The summed E-state index contributed by atoms with van der Waals surface area (Å²) in [6.07, 6.45) is 2.06. The highest BCUT2D eigenvalue weighted by Gasteiger charge is 2.38. The third-order valence-electron chi connectivity index (χ3n) is 3.54. The summed E-state index contributed by atoms with van der Waals surface area (Å²) in [4.78, 5) is 14.1. The molecule has 5 heteroatoms. The number of carbonyl (C=O) groups excluding carboxylic acids is 1. The lowest BCUT2D eigenvalue weighted by atomic mass is 10.0. The van der Waals surface area contributed by atoms with E-state index >= 15 is 0 Å². The van der Waals surface area contributed by atoms with Crippen molar-refractivity contribution in [3.63, 3.8) is 0 Å². The number of hydrogen-bond donors (Lipinski definition) is 1. The first-order valence-electron chi connectivity index (χ1n) is 5.70. The first-order chi connectivity index (χ1) is 7.22. The second-order valence-corrected chi connectivity index (χ2v) is 5.69. The molecule has 3 atom stereocenters. The molecular formula is C11H21ClN2OS. The molecule has 2 fully saturated rings. The van der Waals surface area contributed by atoms with Gasteiger partial charge in [0.05, 0.1) is 0 Å². The van der Waals surface area contributed by atoms with Gasteiger partial charge in [0, 0.05) is 37.8 Å². The predicted molar refractivity (Wildman–Crippen MR) is 71.2 cm³/mol. The Morgan fingerprint density at radius 1 is 1.44 bits per heavy atom. The molecule has 3 nitrogen and oxygen atoms in total. The number of halogens is 1. The van der Waals surface area contributed by atoms with Gasteiger partial charge in [0.25, 0.3) is 0 Å². The number of rotatable bonds is 3. The molecule has 0 bridgehead atoms. The molecule has 2 saturated heterocycles. The highest BCUT2D eigenvalue weighted by atomic mass is 35.5. The Bertz CT molecular complexity index is 240. The Kier molecular flexibility index (Phi) is 5.41. The molecule has 1 amide bonds. The van der Waals surface area contributed by atoms with E-state index in [-0.39, 0.29) is 18.3 Å². The van der Waals surface area contributed by atoms with Gasteiger partial charge in [-0.05, 0) is 18.1 Å². The molecule has 0 spiro atoms. The molecule has 16 heavy (non-hydrogen) atoms. The molecule has 0 aromatic carbocycles. The molecule has 2 rings (SSSR count). The van der Waals surface area contributed by atoms with Crippen LogP contribution in [0.2, 0.25) is 0 Å². The van der Waals surface area contributed by atoms with Crippen LogP contribution in [0.5, 0.6) is 0 Å². The summed E-state index contributed by atoms with van der Waals surface area (Å²) in [5.74, 6) is 2.93. The number of nitrogens with one attached hydrogen (secondary N) is 1. The van der Waals surface area contributed by atoms with E-state index in [1.54, 1.807) is 11.8 Å². The third-order valence-corrected chi connectivity index (χ3v) is 4.37. The quantitative estimate of drug-likeness (QED) is 0.828. The number of fused-ring (bicyclic) bond motifs is 1. The third kappa shape index (κ3) is 2.84. The number of hydrogen-bond acceptors (Lipinski definition) is 3. The molecule has 1 unspecified atom stereocenters. The van der Waals surface area contributed by atoms with E-state index in [1.807, 2.05) is 6.92 Å². The minimum atomic E-state index is 0. The van der Waals surface area contributed by atoms with Crippen molar-refractivity contribution >= 4 is 30.1 Å². The lowest BCUT2D eigenvalue weighted by molar-refractivity contribution is -0.133. The van der Waals surface area contributed by atoms with Crippen LogP contribution in [0.4, 0.5) is 0 Å². The fourth-order valence-electron chi connectivity index (χ4n) is 2.67. The second-order valence-electron chi connectivity index (χ2n) is 4.78. The molecule has 2 heterocycles. The van der Waals surface area contributed by atoms with E-state index in [2.05, 4.69) is 16.5 Å². The maximum Gasteiger partial charge on any atom is 0.226 e. The number of thioether (sulfide) groups is 1. The number of carbonyl (C=O) groups is 1. The van der Waals surface area contributed by atoms with Crippen LogP contribution in [0.15, 0.2) is 0 Å². The molecule has 0 aromatic heterocycles. The average Bonchev–Trinajstić information content (AvgIpc) is 2.75. The lowest BCUT2D eigenvalue weighted by Crippen LogP contribution is -2.36. The molecule has 0 saturated carbocycles. The molecule has 0 aliphatic carbocycles. The molecule has 0 radical (unpaired) electrons. The zero-order chi connectivity index (χ0) is 10.8. The van der Waals surface area contributed by atoms with Crippen LogP contribution in [0.25, 0.3) is 0 Å². The van der Waals surface area contributed by atoms with Crippen LogP contribution in [0.1, 0.15) is 6.92 Å². The SMILES string of the molecule is CSCC(C)C(=O)N1C[C@H]2CNC[C@H]2C1.Cl. The smallest absolute Gasteiger partial charge is 0.226 e. The van der Waals surface area contributed by atoms with Crippen molar-refractivity contribution in [1.82, 2.24) is 10.2 Å². The van der Waals surface area contributed by atoms with Gasteiger partial charge in [0.1, 0.15) is 0 Å². The van der Waals surface area contributed by atoms with Crippen LogP contribution in [0, 0.1) is 17.8 Å². The van der Waals surface area contributed by atoms with Crippen molar-refractivity contribution in [2.45, 2.75) is 6.92 Å². The second kappa shape index (κ2) is 6.12. The molecule has 94 valence electrons. The summed E-state index contributed by atoms with van der Waals surface area (Å²) in [5, 5.41) is 3.40. The van der Waals surface area contributed by atoms with Crippen molar-refractivity contribution in [2.75, 3.05) is 38.2 Å². The normalized spacial score (nSPS) is 29.8. The van der Waals surface area contributed by atoms with Gasteiger partial charge in [-0.25, -0.2) is 0 Å². The van der Waals surface area contributed by atoms with Gasteiger partial charge in [-0.2, -0.15) is 11.8 Å². The standard InChI is InChI=1S/C11H20N2OS.ClH/c1-8(7-15-2)11(14)13-5-9-3-12-4-10(9)6-13;/h8-10,12H,3-7H2,1-2H3;1H/t8?,9-,10+;. The monoisotopic (exact) mass is 264 g/mol. The van der Waals surface area contributed by atoms with Crippen molar-refractivity contribution in [3.05, 3.63) is 0 Å². The van der Waals surface area contributed by atoms with Gasteiger partial charge in [0.15, 0.2) is 0 Å². The minimum absolute atomic E-state index is 0.